The SMILES string of the molecule is CCN1CC[C@@]2(CO)CCCN(C(=O)CCc3c[nH]c4ccccc34)[C@@H]2C1.O=CO. The molecule has 2 atom stereocenters. The number of fused-ring (bicyclic) bond motifs is 2. The molecule has 2 saturated heterocycles. The number of H-pyrrole nitrogens is 1. The summed E-state index contributed by atoms with van der Waals surface area (Å²) < 4.78 is 0. The van der Waals surface area contributed by atoms with Gasteiger partial charge in [0.05, 0.1) is 12.6 Å². The number of para-hydroxylation sites is 1. The van der Waals surface area contributed by atoms with Gasteiger partial charge in [0.1, 0.15) is 0 Å². The number of rotatable bonds is 5. The number of nitrogens with one attached hydrogen (secondary N) is 1. The van der Waals surface area contributed by atoms with Crippen molar-refractivity contribution in [1.82, 2.24) is 14.8 Å². The Kier molecular flexibility index (Phi) is 7.50. The van der Waals surface area contributed by atoms with Crippen molar-refractivity contribution in [2.24, 2.45) is 5.41 Å². The number of carbonyl (C=O) groups is 2. The molecule has 2 fully saturated rings. The number of hydrogen-bond donors (Lipinski definition) is 3. The molecule has 4 rings (SSSR count). The maximum Gasteiger partial charge on any atom is 0.290 e. The summed E-state index contributed by atoms with van der Waals surface area (Å²) in [6.07, 6.45) is 6.36. The molecule has 1 aromatic carbocycles. The molecule has 164 valence electrons. The van der Waals surface area contributed by atoms with Crippen LogP contribution in [0.15, 0.2) is 30.5 Å². The van der Waals surface area contributed by atoms with E-state index < -0.39 is 0 Å². The molecule has 7 heteroatoms. The number of nitrogens with zero attached hydrogens (tertiary/aromatic N) is 2. The fourth-order valence-electron chi connectivity index (χ4n) is 5.13. The van der Waals surface area contributed by atoms with E-state index in [1.54, 1.807) is 0 Å². The molecule has 0 bridgehead atoms. The Hall–Kier alpha value is -2.38. The minimum Gasteiger partial charge on any atom is -0.483 e. The van der Waals surface area contributed by atoms with Gasteiger partial charge < -0.3 is 25.0 Å². The Morgan fingerprint density at radius 2 is 2.07 bits per heavy atom. The number of amides is 1. The number of piperidine rings is 2. The van der Waals surface area contributed by atoms with Gasteiger partial charge in [0.2, 0.25) is 5.91 Å². The summed E-state index contributed by atoms with van der Waals surface area (Å²) in [7, 11) is 0. The van der Waals surface area contributed by atoms with Gasteiger partial charge in [-0.15, -0.1) is 0 Å². The molecule has 1 aromatic heterocycles. The summed E-state index contributed by atoms with van der Waals surface area (Å²) in [4.78, 5) is 29.3. The summed E-state index contributed by atoms with van der Waals surface area (Å²) in [5.41, 5.74) is 2.24. The van der Waals surface area contributed by atoms with E-state index in [1.165, 1.54) is 10.9 Å². The van der Waals surface area contributed by atoms with Crippen LogP contribution >= 0.6 is 0 Å². The topological polar surface area (TPSA) is 96.9 Å². The Balaban J connectivity index is 0.000000806. The molecule has 3 heterocycles. The second kappa shape index (κ2) is 10.1. The van der Waals surface area contributed by atoms with Crippen molar-refractivity contribution in [3.8, 4) is 0 Å². The third-order valence-corrected chi connectivity index (χ3v) is 6.88. The summed E-state index contributed by atoms with van der Waals surface area (Å²) in [5.74, 6) is 0.237. The largest absolute Gasteiger partial charge is 0.483 e. The highest BCUT2D eigenvalue weighted by molar-refractivity contribution is 5.84. The first-order chi connectivity index (χ1) is 14.6. The number of carbonyl (C=O) groups excluding carboxylic acids is 1. The highest BCUT2D eigenvalue weighted by Crippen LogP contribution is 2.42. The molecule has 2 aliphatic heterocycles. The lowest BCUT2D eigenvalue weighted by atomic mass is 9.69. The van der Waals surface area contributed by atoms with E-state index in [0.29, 0.717) is 6.42 Å². The Labute approximate surface area is 177 Å². The van der Waals surface area contributed by atoms with E-state index in [4.69, 9.17) is 9.90 Å². The smallest absolute Gasteiger partial charge is 0.290 e. The van der Waals surface area contributed by atoms with Gasteiger partial charge in [0.25, 0.3) is 6.47 Å². The van der Waals surface area contributed by atoms with Crippen LogP contribution in [0.4, 0.5) is 0 Å². The van der Waals surface area contributed by atoms with E-state index in [-0.39, 0.29) is 30.4 Å². The minimum absolute atomic E-state index is 0.0969. The first-order valence-electron chi connectivity index (χ1n) is 10.8. The zero-order valence-corrected chi connectivity index (χ0v) is 17.7. The highest BCUT2D eigenvalue weighted by Gasteiger charge is 2.48. The summed E-state index contributed by atoms with van der Waals surface area (Å²) >= 11 is 0. The molecule has 3 N–H and O–H groups in total. The molecule has 1 amide bonds. The molecule has 2 aliphatic rings. The molecule has 7 nitrogen and oxygen atoms in total. The third-order valence-electron chi connectivity index (χ3n) is 6.88. The van der Waals surface area contributed by atoms with Crippen LogP contribution < -0.4 is 0 Å². The molecule has 0 aliphatic carbocycles. The van der Waals surface area contributed by atoms with Crippen molar-refractivity contribution in [3.63, 3.8) is 0 Å². The zero-order valence-electron chi connectivity index (χ0n) is 17.7. The van der Waals surface area contributed by atoms with Crippen LogP contribution in [0.3, 0.4) is 0 Å². The van der Waals surface area contributed by atoms with E-state index in [1.807, 2.05) is 18.3 Å². The molecule has 0 saturated carbocycles. The van der Waals surface area contributed by atoms with Gasteiger partial charge in [-0.05, 0) is 50.4 Å². The van der Waals surface area contributed by atoms with Crippen molar-refractivity contribution >= 4 is 23.3 Å². The maximum absolute atomic E-state index is 13.2. The number of aliphatic hydroxyl groups is 1. The molecule has 30 heavy (non-hydrogen) atoms. The van der Waals surface area contributed by atoms with Crippen LogP contribution in [0.1, 0.15) is 38.2 Å². The average Bonchev–Trinajstić information content (AvgIpc) is 3.20. The second-order valence-electron chi connectivity index (χ2n) is 8.34. The number of likely N-dealkylation sites (tertiary alicyclic amines) is 2. The number of benzene rings is 1. The van der Waals surface area contributed by atoms with Gasteiger partial charge >= 0.3 is 0 Å². The first-order valence-corrected chi connectivity index (χ1v) is 10.8. The van der Waals surface area contributed by atoms with Crippen molar-refractivity contribution in [2.45, 2.75) is 45.1 Å². The number of aromatic nitrogens is 1. The molecule has 0 unspecified atom stereocenters. The second-order valence-corrected chi connectivity index (χ2v) is 8.34. The lowest BCUT2D eigenvalue weighted by Crippen LogP contribution is -2.63. The Morgan fingerprint density at radius 1 is 1.30 bits per heavy atom. The molecule has 0 spiro atoms. The first kappa shape index (κ1) is 22.3. The van der Waals surface area contributed by atoms with E-state index >= 15 is 0 Å². The summed E-state index contributed by atoms with van der Waals surface area (Å²) in [6.45, 7) is 5.90. The van der Waals surface area contributed by atoms with Crippen LogP contribution in [0, 0.1) is 5.41 Å². The Bertz CT molecular complexity index is 852. The molecular weight excluding hydrogens is 382 g/mol. The van der Waals surface area contributed by atoms with E-state index in [9.17, 15) is 9.90 Å². The van der Waals surface area contributed by atoms with Gasteiger partial charge in [-0.3, -0.25) is 9.59 Å². The minimum atomic E-state index is -0.250. The predicted molar refractivity (Wildman–Crippen MR) is 116 cm³/mol. The van der Waals surface area contributed by atoms with Crippen LogP contribution in [-0.2, 0) is 16.0 Å². The van der Waals surface area contributed by atoms with E-state index in [2.05, 4.69) is 33.8 Å². The molecular formula is C23H33N3O4. The third kappa shape index (κ3) is 4.52. The van der Waals surface area contributed by atoms with Gasteiger partial charge in [-0.1, -0.05) is 25.1 Å². The average molecular weight is 416 g/mol. The van der Waals surface area contributed by atoms with E-state index in [0.717, 1.165) is 57.4 Å². The fourth-order valence-corrected chi connectivity index (χ4v) is 5.13. The van der Waals surface area contributed by atoms with Crippen molar-refractivity contribution < 1.29 is 19.8 Å². The van der Waals surface area contributed by atoms with Crippen molar-refractivity contribution in [1.29, 1.82) is 0 Å². The number of likely N-dealkylation sites (N-methyl/N-ethyl adjacent to an activating group) is 1. The van der Waals surface area contributed by atoms with Crippen LogP contribution in [0.5, 0.6) is 0 Å². The zero-order chi connectivity index (χ0) is 21.6. The van der Waals surface area contributed by atoms with Crippen LogP contribution in [0.2, 0.25) is 0 Å². The quantitative estimate of drug-likeness (QED) is 0.652. The lowest BCUT2D eigenvalue weighted by Gasteiger charge is -2.54. The molecule has 0 radical (unpaired) electrons. The Morgan fingerprint density at radius 3 is 2.80 bits per heavy atom. The lowest BCUT2D eigenvalue weighted by molar-refractivity contribution is -0.146. The number of aromatic amines is 1. The predicted octanol–water partition coefficient (Wildman–Crippen LogP) is 2.50. The number of carboxylic acid groups (broad SMARTS) is 1. The van der Waals surface area contributed by atoms with Gasteiger partial charge in [-0.25, -0.2) is 0 Å². The molecule has 2 aromatic rings. The monoisotopic (exact) mass is 415 g/mol. The van der Waals surface area contributed by atoms with Crippen LogP contribution in [0.25, 0.3) is 10.9 Å². The number of aliphatic hydroxyl groups excluding tert-OH is 1. The van der Waals surface area contributed by atoms with Crippen molar-refractivity contribution in [2.75, 3.05) is 32.8 Å². The van der Waals surface area contributed by atoms with Gasteiger partial charge in [0.15, 0.2) is 0 Å². The summed E-state index contributed by atoms with van der Waals surface area (Å²) in [6, 6.07) is 8.41. The van der Waals surface area contributed by atoms with Crippen LogP contribution in [-0.4, -0.2) is 76.2 Å². The highest BCUT2D eigenvalue weighted by atomic mass is 16.3. The fraction of sp³-hybridized carbons (Fsp3) is 0.565. The van der Waals surface area contributed by atoms with Crippen molar-refractivity contribution in [3.05, 3.63) is 36.0 Å². The van der Waals surface area contributed by atoms with Gasteiger partial charge in [-0.2, -0.15) is 0 Å². The normalized spacial score (nSPS) is 24.1. The van der Waals surface area contributed by atoms with Gasteiger partial charge in [0, 0.05) is 42.0 Å². The number of hydrogen-bond acceptors (Lipinski definition) is 4. The summed E-state index contributed by atoms with van der Waals surface area (Å²) in [5, 5.41) is 18.3. The standard InChI is InChI=1S/C22H31N3O2.CH2O2/c1-2-24-13-11-22(16-26)10-5-12-25(20(22)15-24)21(27)9-8-17-14-23-19-7-4-3-6-18(17)19;2-1-3/h3-4,6-7,14,20,23,26H,2,5,8-13,15-16H2,1H3;1H,(H,2,3)/t20-,22-;/m1./s1. The number of aryl methyl sites for hydroxylation is 1. The maximum atomic E-state index is 13.2.